The van der Waals surface area contributed by atoms with Crippen molar-refractivity contribution in [2.45, 2.75) is 63.1 Å². The molecule has 1 aliphatic rings. The van der Waals surface area contributed by atoms with Gasteiger partial charge in [0, 0.05) is 33.3 Å². The van der Waals surface area contributed by atoms with E-state index < -0.39 is 70.2 Å². The van der Waals surface area contributed by atoms with Gasteiger partial charge in [0.2, 0.25) is 10.0 Å². The number of nitrogens with one attached hydrogen (secondary N) is 2. The zero-order chi connectivity index (χ0) is 34.6. The highest BCUT2D eigenvalue weighted by Gasteiger charge is 2.23. The summed E-state index contributed by atoms with van der Waals surface area (Å²) >= 11 is 0. The van der Waals surface area contributed by atoms with Gasteiger partial charge in [-0.1, -0.05) is 20.1 Å². The van der Waals surface area contributed by atoms with Crippen LogP contribution in [-0.2, 0) is 23.4 Å². The van der Waals surface area contributed by atoms with Crippen LogP contribution in [0.4, 0.5) is 0 Å². The zero-order valence-corrected chi connectivity index (χ0v) is 21.1. The van der Waals surface area contributed by atoms with Gasteiger partial charge in [-0.05, 0) is 63.8 Å². The molecule has 1 aromatic carbocycles. The van der Waals surface area contributed by atoms with Gasteiger partial charge in [-0.15, -0.1) is 0 Å². The second-order valence-electron chi connectivity index (χ2n) is 8.41. The Morgan fingerprint density at radius 1 is 1.36 bits per heavy atom. The van der Waals surface area contributed by atoms with Crippen LogP contribution in [0.2, 0.25) is 0 Å². The number of hydrogen-bond acceptors (Lipinski definition) is 7. The first-order chi connectivity index (χ1) is 21.1. The minimum Gasteiger partial charge on any atom is -0.493 e. The summed E-state index contributed by atoms with van der Waals surface area (Å²) in [6.45, 7) is -2.68. The lowest BCUT2D eigenvalue weighted by atomic mass is 10.1. The average molecular weight is 527 g/mol. The number of hydrogen-bond donors (Lipinski definition) is 2. The molecule has 0 radical (unpaired) electrons. The second-order valence-corrected chi connectivity index (χ2v) is 10.1. The number of nitrogens with zero attached hydrogens (tertiary/aromatic N) is 4. The van der Waals surface area contributed by atoms with Gasteiger partial charge >= 0.3 is 0 Å². The number of H-pyrrole nitrogens is 1. The van der Waals surface area contributed by atoms with Crippen molar-refractivity contribution >= 4 is 21.1 Å². The number of fused-ring (bicyclic) bond motifs is 1. The van der Waals surface area contributed by atoms with Crippen molar-refractivity contribution in [1.29, 1.82) is 0 Å². The summed E-state index contributed by atoms with van der Waals surface area (Å²) in [5.74, 6) is -0.245. The number of benzene rings is 1. The minimum atomic E-state index is -4.53. The van der Waals surface area contributed by atoms with Crippen LogP contribution in [0.25, 0.3) is 22.4 Å². The molecule has 4 rings (SSSR count). The Bertz CT molecular complexity index is 1780. The summed E-state index contributed by atoms with van der Waals surface area (Å²) in [6.07, 6.45) is -7.24. The lowest BCUT2D eigenvalue weighted by Crippen LogP contribution is -2.31. The van der Waals surface area contributed by atoms with Crippen LogP contribution in [0.1, 0.15) is 65.2 Å². The number of aromatic amines is 1. The molecule has 0 aliphatic carbocycles. The van der Waals surface area contributed by atoms with Gasteiger partial charge in [-0.2, -0.15) is 5.10 Å². The van der Waals surface area contributed by atoms with Crippen molar-refractivity contribution in [2.75, 3.05) is 26.7 Å². The molecule has 10 nitrogen and oxygen atoms in total. The maximum absolute atomic E-state index is 13.5. The fraction of sp³-hybridized carbons (Fsp3) is 0.560. The third-order valence-corrected chi connectivity index (χ3v) is 7.16. The molecule has 3 heterocycles. The normalized spacial score (nSPS) is 23.2. The molecule has 1 saturated heterocycles. The van der Waals surface area contributed by atoms with E-state index in [1.165, 1.54) is 19.2 Å². The van der Waals surface area contributed by atoms with Gasteiger partial charge in [0.25, 0.3) is 5.56 Å². The van der Waals surface area contributed by atoms with Crippen LogP contribution in [0.5, 0.6) is 5.75 Å². The van der Waals surface area contributed by atoms with Gasteiger partial charge in [0.15, 0.2) is 5.52 Å². The molecule has 0 saturated carbocycles. The summed E-state index contributed by atoms with van der Waals surface area (Å²) in [7, 11) is -1.55. The molecular formula is C25H36N6O4S. The Kier molecular flexibility index (Phi) is 4.98. The van der Waals surface area contributed by atoms with E-state index in [1.54, 1.807) is 11.9 Å². The van der Waals surface area contributed by atoms with Crippen LogP contribution in [0, 0.1) is 0 Å². The Balaban J connectivity index is 1.86. The number of aryl methyl sites for hydroxylation is 2. The standard InChI is InChI=1S/C25H36N6O4S/c1-5-8-20-22-23(31(4)29-20)25(32)28-24(27-22)19-16-18(10-11-21(19)35-15-6-2)36(33,34)26-13-12-17-9-7-14-30(17)3/h10-11,16-17,26H,5-9,12-15H2,1-4H3,(H,27,28,32)/i1D3,5D2,8D2,12D2,13D. The predicted octanol–water partition coefficient (Wildman–Crippen LogP) is 2.83. The molecular weight excluding hydrogens is 480 g/mol. The van der Waals surface area contributed by atoms with E-state index in [2.05, 4.69) is 19.8 Å². The number of sulfonamides is 1. The fourth-order valence-electron chi connectivity index (χ4n) is 4.05. The Morgan fingerprint density at radius 3 is 2.92 bits per heavy atom. The van der Waals surface area contributed by atoms with E-state index in [9.17, 15) is 13.2 Å². The van der Waals surface area contributed by atoms with Crippen molar-refractivity contribution in [2.24, 2.45) is 7.05 Å². The molecule has 2 unspecified atom stereocenters. The molecule has 11 heteroatoms. The maximum Gasteiger partial charge on any atom is 0.277 e. The molecule has 0 spiro atoms. The van der Waals surface area contributed by atoms with Crippen molar-refractivity contribution in [3.8, 4) is 17.1 Å². The topological polar surface area (TPSA) is 122 Å². The third kappa shape index (κ3) is 5.47. The summed E-state index contributed by atoms with van der Waals surface area (Å²) < 4.78 is 117. The van der Waals surface area contributed by atoms with Gasteiger partial charge in [-0.25, -0.2) is 18.1 Å². The van der Waals surface area contributed by atoms with Crippen molar-refractivity contribution in [3.63, 3.8) is 0 Å². The van der Waals surface area contributed by atoms with E-state index >= 15 is 0 Å². The summed E-state index contributed by atoms with van der Waals surface area (Å²) in [5, 5.41) is 3.93. The van der Waals surface area contributed by atoms with E-state index in [-0.39, 0.29) is 29.3 Å². The molecule has 0 amide bonds. The predicted molar refractivity (Wildman–Crippen MR) is 140 cm³/mol. The third-order valence-electron chi connectivity index (χ3n) is 5.86. The van der Waals surface area contributed by atoms with Crippen molar-refractivity contribution in [1.82, 2.24) is 29.4 Å². The highest BCUT2D eigenvalue weighted by atomic mass is 32.2. The molecule has 2 aromatic heterocycles. The van der Waals surface area contributed by atoms with Crippen LogP contribution in [-0.4, -0.2) is 65.8 Å². The van der Waals surface area contributed by atoms with Crippen molar-refractivity contribution in [3.05, 3.63) is 34.2 Å². The fourth-order valence-corrected chi connectivity index (χ4v) is 4.93. The Labute approximate surface area is 226 Å². The summed E-state index contributed by atoms with van der Waals surface area (Å²) in [4.78, 5) is 21.4. The Morgan fingerprint density at radius 2 is 2.19 bits per heavy atom. The quantitative estimate of drug-likeness (QED) is 0.394. The van der Waals surface area contributed by atoms with Crippen LogP contribution < -0.4 is 15.0 Å². The summed E-state index contributed by atoms with van der Waals surface area (Å²) in [6, 6.07) is 2.88. The van der Waals surface area contributed by atoms with Gasteiger partial charge in [0.05, 0.1) is 22.8 Å². The molecule has 36 heavy (non-hydrogen) atoms. The molecule has 2 atom stereocenters. The van der Waals surface area contributed by atoms with E-state index in [1.807, 2.05) is 6.92 Å². The van der Waals surface area contributed by atoms with Crippen molar-refractivity contribution < 1.29 is 26.9 Å². The highest BCUT2D eigenvalue weighted by Crippen LogP contribution is 2.31. The smallest absolute Gasteiger partial charge is 0.277 e. The largest absolute Gasteiger partial charge is 0.493 e. The number of likely N-dealkylation sites (tertiary alicyclic amines) is 1. The van der Waals surface area contributed by atoms with Crippen LogP contribution >= 0.6 is 0 Å². The molecule has 0 bridgehead atoms. The first-order valence-electron chi connectivity index (χ1n) is 16.5. The lowest BCUT2D eigenvalue weighted by Gasteiger charge is -2.19. The van der Waals surface area contributed by atoms with Crippen LogP contribution in [0.15, 0.2) is 27.9 Å². The molecule has 196 valence electrons. The first kappa shape index (κ1) is 16.2. The molecule has 1 aliphatic heterocycles. The van der Waals surface area contributed by atoms with Crippen LogP contribution in [0.3, 0.4) is 0 Å². The summed E-state index contributed by atoms with van der Waals surface area (Å²) in [5.41, 5.74) is -2.44. The van der Waals surface area contributed by atoms with Gasteiger partial charge in [-0.3, -0.25) is 9.48 Å². The highest BCUT2D eigenvalue weighted by molar-refractivity contribution is 7.89. The average Bonchev–Trinajstić information content (AvgIpc) is 3.54. The lowest BCUT2D eigenvalue weighted by molar-refractivity contribution is 0.297. The maximum atomic E-state index is 13.5. The van der Waals surface area contributed by atoms with Gasteiger partial charge in [0.1, 0.15) is 17.1 Å². The number of ether oxygens (including phenoxy) is 1. The minimum absolute atomic E-state index is 0.0694. The number of rotatable bonds is 11. The molecule has 1 fully saturated rings. The second kappa shape index (κ2) is 11.1. The Hall–Kier alpha value is -2.76. The molecule has 3 aromatic rings. The van der Waals surface area contributed by atoms with E-state index in [0.717, 1.165) is 10.7 Å². The first-order valence-corrected chi connectivity index (χ1v) is 13.0. The van der Waals surface area contributed by atoms with E-state index in [0.29, 0.717) is 25.8 Å². The number of aromatic nitrogens is 4. The monoisotopic (exact) mass is 526 g/mol. The van der Waals surface area contributed by atoms with E-state index in [4.69, 9.17) is 18.4 Å². The SMILES string of the molecule is [2H]C(NS(=O)(=O)c1ccc(OCCC)c(-c2nc3c(C([2H])([2H])C([2H])([2H])C([2H])([2H])[2H])nn(C)c3c(=O)[nH]2)c1)C([2H])([2H])C1CCCN1C. The zero-order valence-electron chi connectivity index (χ0n) is 30.3. The van der Waals surface area contributed by atoms with Gasteiger partial charge < -0.3 is 14.6 Å². The molecule has 2 N–H and O–H groups in total.